The van der Waals surface area contributed by atoms with E-state index < -0.39 is 0 Å². The molecule has 1 aromatic carbocycles. The van der Waals surface area contributed by atoms with Crippen molar-refractivity contribution < 1.29 is 28.6 Å². The first kappa shape index (κ1) is 44.0. The smallest absolute Gasteiger partial charge is 0.309 e. The highest BCUT2D eigenvalue weighted by atomic mass is 16.6. The molecule has 312 valence electrons. The molecule has 4 aliphatic carbocycles. The van der Waals surface area contributed by atoms with Crippen molar-refractivity contribution in [2.24, 2.45) is 35.0 Å². The number of carbonyl (C=O) groups excluding carboxylic acids is 3. The highest BCUT2D eigenvalue weighted by Crippen LogP contribution is 2.61. The quantitative estimate of drug-likeness (QED) is 0.0381. The Kier molecular flexibility index (Phi) is 19.4. The third-order valence-electron chi connectivity index (χ3n) is 13.2. The third-order valence-corrected chi connectivity index (χ3v) is 13.2. The fourth-order valence-electron chi connectivity index (χ4n) is 10.5. The second kappa shape index (κ2) is 24.6. The van der Waals surface area contributed by atoms with Crippen LogP contribution in [0.5, 0.6) is 0 Å². The Balaban J connectivity index is 0.959. The van der Waals surface area contributed by atoms with E-state index >= 15 is 0 Å². The summed E-state index contributed by atoms with van der Waals surface area (Å²) in [5, 5.41) is 0. The first-order valence-electron chi connectivity index (χ1n) is 23.0. The van der Waals surface area contributed by atoms with Gasteiger partial charge in [0.1, 0.15) is 19.8 Å². The van der Waals surface area contributed by atoms with Gasteiger partial charge in [-0.25, -0.2) is 0 Å². The standard InChI is InChI=1S/C49H75NO6/c1-2-3-4-5-6-7-8-9-10-11-12-13-14-15-16-20-24-46(51)54-37-43(39-56-48(53)44-26-29-50(30-27-44)45-22-18-17-19-23-45)38-55-47(52)25-21-28-49-34-40-31-41(35-49)33-42(32-40)36-49/h6-7,9-10,17-19,22-23,40-44H,2-5,8,11-16,20-21,24-39H2,1H3/b7-6-,10-9-. The fourth-order valence-corrected chi connectivity index (χ4v) is 10.5. The Morgan fingerprint density at radius 3 is 1.82 bits per heavy atom. The Morgan fingerprint density at radius 1 is 0.679 bits per heavy atom. The number of para-hydroxylation sites is 1. The van der Waals surface area contributed by atoms with Crippen LogP contribution in [0.25, 0.3) is 0 Å². The minimum atomic E-state index is -0.379. The number of unbranched alkanes of at least 4 members (excludes halogenated alkanes) is 9. The molecule has 0 aromatic heterocycles. The molecule has 1 heterocycles. The number of hydrogen-bond acceptors (Lipinski definition) is 7. The van der Waals surface area contributed by atoms with Gasteiger partial charge in [-0.05, 0) is 138 Å². The Morgan fingerprint density at radius 2 is 1.21 bits per heavy atom. The Hall–Kier alpha value is -3.09. The second-order valence-electron chi connectivity index (χ2n) is 18.1. The summed E-state index contributed by atoms with van der Waals surface area (Å²) in [6.07, 6.45) is 35.6. The van der Waals surface area contributed by atoms with Crippen molar-refractivity contribution in [2.75, 3.05) is 37.8 Å². The minimum absolute atomic E-state index is 0.0799. The molecule has 0 radical (unpaired) electrons. The van der Waals surface area contributed by atoms with E-state index in [2.05, 4.69) is 48.3 Å². The number of benzene rings is 1. The molecule has 7 heteroatoms. The summed E-state index contributed by atoms with van der Waals surface area (Å²) in [4.78, 5) is 41.1. The van der Waals surface area contributed by atoms with Crippen LogP contribution >= 0.6 is 0 Å². The Labute approximate surface area is 339 Å². The van der Waals surface area contributed by atoms with Gasteiger partial charge in [0.2, 0.25) is 0 Å². The van der Waals surface area contributed by atoms with E-state index in [1.54, 1.807) is 0 Å². The van der Waals surface area contributed by atoms with Crippen LogP contribution in [0.2, 0.25) is 0 Å². The van der Waals surface area contributed by atoms with Crippen LogP contribution in [0.15, 0.2) is 54.6 Å². The predicted octanol–water partition coefficient (Wildman–Crippen LogP) is 11.7. The van der Waals surface area contributed by atoms with Gasteiger partial charge in [0.05, 0.1) is 11.8 Å². The third kappa shape index (κ3) is 15.7. The van der Waals surface area contributed by atoms with Gasteiger partial charge >= 0.3 is 17.9 Å². The molecular weight excluding hydrogens is 699 g/mol. The van der Waals surface area contributed by atoms with E-state index in [0.29, 0.717) is 18.3 Å². The highest BCUT2D eigenvalue weighted by Gasteiger charge is 2.50. The van der Waals surface area contributed by atoms with Crippen molar-refractivity contribution in [3.63, 3.8) is 0 Å². The number of carbonyl (C=O) groups is 3. The molecule has 1 aliphatic heterocycles. The lowest BCUT2D eigenvalue weighted by molar-refractivity contribution is -0.156. The van der Waals surface area contributed by atoms with Crippen molar-refractivity contribution in [3.05, 3.63) is 54.6 Å². The second-order valence-corrected chi connectivity index (χ2v) is 18.1. The van der Waals surface area contributed by atoms with Crippen molar-refractivity contribution >= 4 is 23.6 Å². The minimum Gasteiger partial charge on any atom is -0.465 e. The summed E-state index contributed by atoms with van der Waals surface area (Å²) in [5.41, 5.74) is 1.63. The summed E-state index contributed by atoms with van der Waals surface area (Å²) in [6.45, 7) is 4.11. The molecule has 7 nitrogen and oxygen atoms in total. The zero-order chi connectivity index (χ0) is 39.3. The van der Waals surface area contributed by atoms with E-state index in [4.69, 9.17) is 14.2 Å². The summed E-state index contributed by atoms with van der Waals surface area (Å²) in [5.74, 6) is 1.55. The van der Waals surface area contributed by atoms with E-state index in [1.165, 1.54) is 89.2 Å². The molecule has 4 saturated carbocycles. The van der Waals surface area contributed by atoms with Crippen LogP contribution < -0.4 is 4.90 Å². The maximum Gasteiger partial charge on any atom is 0.309 e. The number of hydrogen-bond donors (Lipinski definition) is 0. The topological polar surface area (TPSA) is 82.1 Å². The van der Waals surface area contributed by atoms with Crippen molar-refractivity contribution in [2.45, 2.75) is 161 Å². The number of esters is 3. The van der Waals surface area contributed by atoms with Crippen molar-refractivity contribution in [1.82, 2.24) is 0 Å². The lowest BCUT2D eigenvalue weighted by Gasteiger charge is -2.57. The molecule has 6 rings (SSSR count). The van der Waals surface area contributed by atoms with Gasteiger partial charge in [0.15, 0.2) is 0 Å². The molecule has 1 unspecified atom stereocenters. The van der Waals surface area contributed by atoms with E-state index in [1.807, 2.05) is 18.2 Å². The first-order chi connectivity index (χ1) is 27.4. The number of nitrogens with zero attached hydrogens (tertiary/aromatic N) is 1. The first-order valence-corrected chi connectivity index (χ1v) is 23.0. The number of allylic oxidation sites excluding steroid dienone is 4. The maximum absolute atomic E-state index is 13.1. The lowest BCUT2D eigenvalue weighted by Crippen LogP contribution is -2.45. The molecule has 4 bridgehead atoms. The van der Waals surface area contributed by atoms with Gasteiger partial charge in [-0.2, -0.15) is 0 Å². The fraction of sp³-hybridized carbons (Fsp3) is 0.735. The lowest BCUT2D eigenvalue weighted by atomic mass is 9.48. The number of anilines is 1. The molecule has 5 aliphatic rings. The van der Waals surface area contributed by atoms with Crippen LogP contribution in [0.3, 0.4) is 0 Å². The summed E-state index contributed by atoms with van der Waals surface area (Å²) >= 11 is 0. The summed E-state index contributed by atoms with van der Waals surface area (Å²) < 4.78 is 17.3. The summed E-state index contributed by atoms with van der Waals surface area (Å²) in [7, 11) is 0. The van der Waals surface area contributed by atoms with Gasteiger partial charge in [0.25, 0.3) is 0 Å². The average Bonchev–Trinajstić information content (AvgIpc) is 3.20. The largest absolute Gasteiger partial charge is 0.465 e. The predicted molar refractivity (Wildman–Crippen MR) is 226 cm³/mol. The van der Waals surface area contributed by atoms with Crippen LogP contribution in [0.1, 0.15) is 161 Å². The zero-order valence-corrected chi connectivity index (χ0v) is 35.0. The monoisotopic (exact) mass is 774 g/mol. The molecule has 5 fully saturated rings. The normalized spacial score (nSPS) is 23.9. The highest BCUT2D eigenvalue weighted by molar-refractivity contribution is 5.73. The molecule has 1 aromatic rings. The SMILES string of the molecule is CCCCC/C=C\C/C=C\CCCCCCCCC(=O)OCC(COC(=O)CCCC12CC3CC(CC(C3)C1)C2)COC(=O)C1CCN(c2ccccc2)CC1. The number of ether oxygens (including phenoxy) is 3. The molecule has 0 spiro atoms. The molecular formula is C49H75NO6. The van der Waals surface area contributed by atoms with E-state index in [9.17, 15) is 14.4 Å². The molecule has 1 saturated heterocycles. The molecule has 0 amide bonds. The summed E-state index contributed by atoms with van der Waals surface area (Å²) in [6, 6.07) is 10.3. The Bertz CT molecular complexity index is 1310. The van der Waals surface area contributed by atoms with Crippen molar-refractivity contribution in [3.8, 4) is 0 Å². The van der Waals surface area contributed by atoms with Gasteiger partial charge in [-0.15, -0.1) is 0 Å². The van der Waals surface area contributed by atoms with Crippen LogP contribution in [0, 0.1) is 35.0 Å². The van der Waals surface area contributed by atoms with Gasteiger partial charge in [-0.1, -0.05) is 88.0 Å². The number of rotatable bonds is 27. The number of piperidine rings is 1. The molecule has 1 atom stereocenters. The van der Waals surface area contributed by atoms with Gasteiger partial charge < -0.3 is 19.1 Å². The van der Waals surface area contributed by atoms with Gasteiger partial charge in [0, 0.05) is 31.6 Å². The van der Waals surface area contributed by atoms with Gasteiger partial charge in [-0.3, -0.25) is 14.4 Å². The maximum atomic E-state index is 13.1. The van der Waals surface area contributed by atoms with Crippen LogP contribution in [0.4, 0.5) is 5.69 Å². The van der Waals surface area contributed by atoms with Crippen molar-refractivity contribution in [1.29, 1.82) is 0 Å². The average molecular weight is 774 g/mol. The molecule has 0 N–H and O–H groups in total. The van der Waals surface area contributed by atoms with E-state index in [0.717, 1.165) is 88.6 Å². The zero-order valence-electron chi connectivity index (χ0n) is 35.0. The molecule has 56 heavy (non-hydrogen) atoms. The van der Waals surface area contributed by atoms with E-state index in [-0.39, 0.29) is 49.6 Å². The van der Waals surface area contributed by atoms with Crippen LogP contribution in [-0.4, -0.2) is 50.8 Å². The van der Waals surface area contributed by atoms with Crippen LogP contribution in [-0.2, 0) is 28.6 Å².